The first-order valence-electron chi connectivity index (χ1n) is 4.45. The molecule has 0 aromatic carbocycles. The van der Waals surface area contributed by atoms with Crippen LogP contribution in [-0.2, 0) is 0 Å². The molecule has 70 valence electrons. The lowest BCUT2D eigenvalue weighted by Crippen LogP contribution is -2.50. The first-order valence-corrected chi connectivity index (χ1v) is 4.45. The van der Waals surface area contributed by atoms with Crippen molar-refractivity contribution in [2.24, 2.45) is 0 Å². The number of rotatable bonds is 1. The highest BCUT2D eigenvalue weighted by Crippen LogP contribution is 2.35. The van der Waals surface area contributed by atoms with Crippen LogP contribution in [0.25, 0.3) is 0 Å². The Morgan fingerprint density at radius 3 is 2.42 bits per heavy atom. The molecule has 0 heterocycles. The molecule has 0 saturated heterocycles. The Balaban J connectivity index is 2.77. The van der Waals surface area contributed by atoms with Crippen LogP contribution in [0.3, 0.4) is 0 Å². The molecule has 1 rings (SSSR count). The van der Waals surface area contributed by atoms with Crippen molar-refractivity contribution >= 4 is 0 Å². The zero-order valence-electron chi connectivity index (χ0n) is 8.09. The third kappa shape index (κ3) is 1.70. The highest BCUT2D eigenvalue weighted by molar-refractivity contribution is 5.11. The van der Waals surface area contributed by atoms with Crippen LogP contribution in [0.15, 0.2) is 11.6 Å². The summed E-state index contributed by atoms with van der Waals surface area (Å²) < 4.78 is 0. The van der Waals surface area contributed by atoms with E-state index in [9.17, 15) is 10.2 Å². The van der Waals surface area contributed by atoms with Crippen molar-refractivity contribution in [3.05, 3.63) is 11.6 Å². The number of aliphatic hydroxyl groups is 2. The largest absolute Gasteiger partial charge is 0.387 e. The second kappa shape index (κ2) is 2.86. The molecule has 1 atom stereocenters. The molecule has 1 aliphatic rings. The minimum Gasteiger partial charge on any atom is -0.387 e. The molecule has 0 aliphatic heterocycles. The van der Waals surface area contributed by atoms with E-state index in [0.717, 1.165) is 6.42 Å². The van der Waals surface area contributed by atoms with Crippen LogP contribution in [0.5, 0.6) is 0 Å². The second-order valence-electron chi connectivity index (χ2n) is 4.35. The molecule has 0 amide bonds. The van der Waals surface area contributed by atoms with Gasteiger partial charge in [0.25, 0.3) is 0 Å². The van der Waals surface area contributed by atoms with Gasteiger partial charge in [0.2, 0.25) is 0 Å². The third-order valence-electron chi connectivity index (χ3n) is 2.86. The highest BCUT2D eigenvalue weighted by Gasteiger charge is 2.41. The first-order chi connectivity index (χ1) is 5.35. The Hall–Kier alpha value is -0.340. The van der Waals surface area contributed by atoms with Crippen molar-refractivity contribution in [2.45, 2.75) is 51.2 Å². The molecular formula is C10H18O2. The quantitative estimate of drug-likeness (QED) is 0.587. The van der Waals surface area contributed by atoms with E-state index in [0.29, 0.717) is 12.8 Å². The van der Waals surface area contributed by atoms with Crippen LogP contribution in [0, 0.1) is 0 Å². The smallest absolute Gasteiger partial charge is 0.0965 e. The van der Waals surface area contributed by atoms with Gasteiger partial charge in [-0.25, -0.2) is 0 Å². The zero-order chi connectivity index (χ0) is 9.41. The van der Waals surface area contributed by atoms with Crippen LogP contribution >= 0.6 is 0 Å². The minimum atomic E-state index is -0.996. The standard InChI is InChI=1S/C10H18O2/c1-8-4-6-10(12,7-5-8)9(2,3)11/h4,11-12H,5-7H2,1-3H3. The summed E-state index contributed by atoms with van der Waals surface area (Å²) in [5, 5.41) is 19.7. The summed E-state index contributed by atoms with van der Waals surface area (Å²) >= 11 is 0. The van der Waals surface area contributed by atoms with E-state index < -0.39 is 11.2 Å². The normalized spacial score (nSPS) is 31.6. The molecule has 0 aromatic rings. The van der Waals surface area contributed by atoms with Gasteiger partial charge in [0.15, 0.2) is 0 Å². The van der Waals surface area contributed by atoms with Gasteiger partial charge in [0, 0.05) is 0 Å². The summed E-state index contributed by atoms with van der Waals surface area (Å²) in [4.78, 5) is 0. The monoisotopic (exact) mass is 170 g/mol. The van der Waals surface area contributed by atoms with Crippen molar-refractivity contribution in [1.29, 1.82) is 0 Å². The van der Waals surface area contributed by atoms with Crippen LogP contribution in [0.1, 0.15) is 40.0 Å². The maximum Gasteiger partial charge on any atom is 0.0965 e. The number of hydrogen-bond acceptors (Lipinski definition) is 2. The average Bonchev–Trinajstić information content (AvgIpc) is 1.93. The molecule has 0 radical (unpaired) electrons. The zero-order valence-corrected chi connectivity index (χ0v) is 8.09. The van der Waals surface area contributed by atoms with E-state index in [1.54, 1.807) is 13.8 Å². The Bertz CT molecular complexity index is 200. The maximum absolute atomic E-state index is 10.0. The molecule has 1 unspecified atom stereocenters. The number of hydrogen-bond donors (Lipinski definition) is 2. The van der Waals surface area contributed by atoms with E-state index >= 15 is 0 Å². The molecule has 2 heteroatoms. The van der Waals surface area contributed by atoms with Gasteiger partial charge in [0.05, 0.1) is 11.2 Å². The Kier molecular flexibility index (Phi) is 2.32. The number of allylic oxidation sites excluding steroid dienone is 1. The predicted molar refractivity (Wildman–Crippen MR) is 48.9 cm³/mol. The van der Waals surface area contributed by atoms with E-state index in [1.807, 2.05) is 6.08 Å². The molecular weight excluding hydrogens is 152 g/mol. The molecule has 12 heavy (non-hydrogen) atoms. The topological polar surface area (TPSA) is 40.5 Å². The van der Waals surface area contributed by atoms with Crippen molar-refractivity contribution < 1.29 is 10.2 Å². The SMILES string of the molecule is CC1=CCC(O)(C(C)(C)O)CC1. The van der Waals surface area contributed by atoms with Crippen molar-refractivity contribution in [3.8, 4) is 0 Å². The lowest BCUT2D eigenvalue weighted by molar-refractivity contribution is -0.135. The minimum absolute atomic E-state index is 0.572. The molecule has 0 aromatic heterocycles. The second-order valence-corrected chi connectivity index (χ2v) is 4.35. The van der Waals surface area contributed by atoms with Crippen LogP contribution in [0.2, 0.25) is 0 Å². The van der Waals surface area contributed by atoms with Gasteiger partial charge in [0.1, 0.15) is 0 Å². The van der Waals surface area contributed by atoms with Crippen molar-refractivity contribution in [3.63, 3.8) is 0 Å². The van der Waals surface area contributed by atoms with Crippen LogP contribution in [0.4, 0.5) is 0 Å². The summed E-state index contributed by atoms with van der Waals surface area (Å²) in [6.07, 6.45) is 4.14. The van der Waals surface area contributed by atoms with Gasteiger partial charge in [-0.2, -0.15) is 0 Å². The molecule has 1 aliphatic carbocycles. The van der Waals surface area contributed by atoms with E-state index in [2.05, 4.69) is 6.92 Å². The Labute approximate surface area is 73.9 Å². The van der Waals surface area contributed by atoms with E-state index in [1.165, 1.54) is 5.57 Å². The van der Waals surface area contributed by atoms with Gasteiger partial charge >= 0.3 is 0 Å². The Morgan fingerprint density at radius 2 is 2.08 bits per heavy atom. The summed E-state index contributed by atoms with van der Waals surface area (Å²) in [6.45, 7) is 5.40. The summed E-state index contributed by atoms with van der Waals surface area (Å²) in [7, 11) is 0. The van der Waals surface area contributed by atoms with Gasteiger partial charge in [-0.15, -0.1) is 0 Å². The molecule has 2 N–H and O–H groups in total. The predicted octanol–water partition coefficient (Wildman–Crippen LogP) is 1.62. The molecule has 0 saturated carbocycles. The lowest BCUT2D eigenvalue weighted by atomic mass is 9.75. The molecule has 2 nitrogen and oxygen atoms in total. The fraction of sp³-hybridized carbons (Fsp3) is 0.800. The summed E-state index contributed by atoms with van der Waals surface area (Å²) in [6, 6.07) is 0. The van der Waals surface area contributed by atoms with Gasteiger partial charge in [-0.1, -0.05) is 11.6 Å². The highest BCUT2D eigenvalue weighted by atomic mass is 16.4. The molecule has 0 bridgehead atoms. The average molecular weight is 170 g/mol. The molecule has 0 spiro atoms. The van der Waals surface area contributed by atoms with E-state index in [4.69, 9.17) is 0 Å². The lowest BCUT2D eigenvalue weighted by Gasteiger charge is -2.40. The van der Waals surface area contributed by atoms with Gasteiger partial charge in [-0.05, 0) is 40.0 Å². The van der Waals surface area contributed by atoms with Gasteiger partial charge in [-0.3, -0.25) is 0 Å². The fourth-order valence-corrected chi connectivity index (χ4v) is 1.51. The molecule has 0 fully saturated rings. The fourth-order valence-electron chi connectivity index (χ4n) is 1.51. The van der Waals surface area contributed by atoms with Crippen LogP contribution < -0.4 is 0 Å². The summed E-state index contributed by atoms with van der Waals surface area (Å²) in [5.41, 5.74) is -0.611. The third-order valence-corrected chi connectivity index (χ3v) is 2.86. The summed E-state index contributed by atoms with van der Waals surface area (Å²) in [5.74, 6) is 0. The van der Waals surface area contributed by atoms with Crippen molar-refractivity contribution in [2.75, 3.05) is 0 Å². The first kappa shape index (κ1) is 9.75. The Morgan fingerprint density at radius 1 is 1.50 bits per heavy atom. The van der Waals surface area contributed by atoms with Gasteiger partial charge < -0.3 is 10.2 Å². The van der Waals surface area contributed by atoms with Crippen LogP contribution in [-0.4, -0.2) is 21.4 Å². The van der Waals surface area contributed by atoms with Crippen molar-refractivity contribution in [1.82, 2.24) is 0 Å². The van der Waals surface area contributed by atoms with E-state index in [-0.39, 0.29) is 0 Å². The maximum atomic E-state index is 10.0.